The van der Waals surface area contributed by atoms with E-state index in [-0.39, 0.29) is 11.8 Å². The Labute approximate surface area is 125 Å². The van der Waals surface area contributed by atoms with Crippen LogP contribution in [0.3, 0.4) is 0 Å². The van der Waals surface area contributed by atoms with Crippen molar-refractivity contribution >= 4 is 17.5 Å². The van der Waals surface area contributed by atoms with Crippen molar-refractivity contribution < 1.29 is 9.59 Å². The molecule has 1 aromatic rings. The molecule has 21 heavy (non-hydrogen) atoms. The average molecular weight is 289 g/mol. The van der Waals surface area contributed by atoms with Crippen LogP contribution in [0.1, 0.15) is 24.8 Å². The molecule has 5 heteroatoms. The van der Waals surface area contributed by atoms with Crippen LogP contribution in [0.5, 0.6) is 0 Å². The van der Waals surface area contributed by atoms with E-state index in [1.165, 1.54) is 0 Å². The summed E-state index contributed by atoms with van der Waals surface area (Å²) in [4.78, 5) is 23.3. The highest BCUT2D eigenvalue weighted by atomic mass is 16.2. The lowest BCUT2D eigenvalue weighted by atomic mass is 9.94. The molecule has 3 N–H and O–H groups in total. The maximum atomic E-state index is 12.0. The summed E-state index contributed by atoms with van der Waals surface area (Å²) < 4.78 is 0. The molecule has 1 saturated heterocycles. The minimum atomic E-state index is -0.0160. The Bertz CT molecular complexity index is 479. The maximum absolute atomic E-state index is 12.0. The van der Waals surface area contributed by atoms with E-state index in [4.69, 9.17) is 0 Å². The van der Waals surface area contributed by atoms with E-state index in [0.717, 1.165) is 37.2 Å². The minimum Gasteiger partial charge on any atom is -0.359 e. The molecule has 1 aliphatic rings. The molecule has 2 amide bonds. The van der Waals surface area contributed by atoms with Gasteiger partial charge >= 0.3 is 0 Å². The van der Waals surface area contributed by atoms with Gasteiger partial charge in [0.2, 0.25) is 11.8 Å². The third kappa shape index (κ3) is 5.19. The summed E-state index contributed by atoms with van der Waals surface area (Å²) in [5.41, 5.74) is 1.72. The predicted molar refractivity (Wildman–Crippen MR) is 83.1 cm³/mol. The third-order valence-corrected chi connectivity index (χ3v) is 3.81. The van der Waals surface area contributed by atoms with Gasteiger partial charge in [-0.25, -0.2) is 0 Å². The molecule has 1 heterocycles. The third-order valence-electron chi connectivity index (χ3n) is 3.81. The fourth-order valence-electron chi connectivity index (χ4n) is 2.54. The molecule has 2 rings (SSSR count). The Morgan fingerprint density at radius 1 is 1.14 bits per heavy atom. The van der Waals surface area contributed by atoms with Crippen molar-refractivity contribution in [3.8, 4) is 0 Å². The van der Waals surface area contributed by atoms with Gasteiger partial charge in [0, 0.05) is 19.2 Å². The first-order valence-electron chi connectivity index (χ1n) is 7.47. The fourth-order valence-corrected chi connectivity index (χ4v) is 2.54. The number of benzene rings is 1. The van der Waals surface area contributed by atoms with Crippen LogP contribution in [0.2, 0.25) is 0 Å². The van der Waals surface area contributed by atoms with Crippen molar-refractivity contribution in [3.05, 3.63) is 29.8 Å². The van der Waals surface area contributed by atoms with Crippen LogP contribution < -0.4 is 16.0 Å². The van der Waals surface area contributed by atoms with Crippen LogP contribution in [0.25, 0.3) is 0 Å². The summed E-state index contributed by atoms with van der Waals surface area (Å²) >= 11 is 0. The summed E-state index contributed by atoms with van der Waals surface area (Å²) in [5.74, 6) is 0.539. The summed E-state index contributed by atoms with van der Waals surface area (Å²) in [6, 6.07) is 7.43. The van der Waals surface area contributed by atoms with E-state index in [1.54, 1.807) is 7.05 Å². The highest BCUT2D eigenvalue weighted by Gasteiger charge is 2.16. The highest BCUT2D eigenvalue weighted by molar-refractivity contribution is 5.90. The average Bonchev–Trinajstić information content (AvgIpc) is 2.50. The Hall–Kier alpha value is -1.88. The molecule has 1 aliphatic heterocycles. The number of hydrogen-bond acceptors (Lipinski definition) is 3. The zero-order valence-electron chi connectivity index (χ0n) is 12.4. The standard InChI is InChI=1S/C16H23N3O2/c1-17-15(20)10-12-2-4-14(5-3-12)19-16(21)11-13-6-8-18-9-7-13/h2-5,13,18H,6-11H2,1H3,(H,17,20)(H,19,21). The van der Waals surface area contributed by atoms with Crippen molar-refractivity contribution in [2.75, 3.05) is 25.5 Å². The number of likely N-dealkylation sites (N-methyl/N-ethyl adjacent to an activating group) is 1. The molecule has 5 nitrogen and oxygen atoms in total. The maximum Gasteiger partial charge on any atom is 0.224 e. The van der Waals surface area contributed by atoms with Gasteiger partial charge in [0.05, 0.1) is 6.42 Å². The van der Waals surface area contributed by atoms with Crippen molar-refractivity contribution in [2.45, 2.75) is 25.7 Å². The zero-order valence-corrected chi connectivity index (χ0v) is 12.4. The van der Waals surface area contributed by atoms with Crippen molar-refractivity contribution in [1.82, 2.24) is 10.6 Å². The molecule has 1 fully saturated rings. The second kappa shape index (κ2) is 7.78. The smallest absolute Gasteiger partial charge is 0.224 e. The first-order valence-corrected chi connectivity index (χ1v) is 7.47. The lowest BCUT2D eigenvalue weighted by molar-refractivity contribution is -0.120. The van der Waals surface area contributed by atoms with Gasteiger partial charge in [0.25, 0.3) is 0 Å². The molecule has 0 aliphatic carbocycles. The van der Waals surface area contributed by atoms with Crippen molar-refractivity contribution in [3.63, 3.8) is 0 Å². The van der Waals surface area contributed by atoms with Crippen LogP contribution in [-0.2, 0) is 16.0 Å². The molecule has 0 spiro atoms. The van der Waals surface area contributed by atoms with E-state index >= 15 is 0 Å². The summed E-state index contributed by atoms with van der Waals surface area (Å²) in [7, 11) is 1.62. The second-order valence-electron chi connectivity index (χ2n) is 5.49. The minimum absolute atomic E-state index is 0.0160. The Balaban J connectivity index is 1.81. The molecule has 0 atom stereocenters. The number of hydrogen-bond donors (Lipinski definition) is 3. The van der Waals surface area contributed by atoms with Gasteiger partial charge in [-0.05, 0) is 49.5 Å². The molecule has 1 aromatic carbocycles. The number of anilines is 1. The summed E-state index contributed by atoms with van der Waals surface area (Å²) in [5, 5.41) is 8.82. The Morgan fingerprint density at radius 3 is 2.43 bits per heavy atom. The van der Waals surface area contributed by atoms with Gasteiger partial charge < -0.3 is 16.0 Å². The molecule has 0 unspecified atom stereocenters. The van der Waals surface area contributed by atoms with E-state index in [1.807, 2.05) is 24.3 Å². The predicted octanol–water partition coefficient (Wildman–Crippen LogP) is 1.30. The number of nitrogens with one attached hydrogen (secondary N) is 3. The number of carbonyl (C=O) groups is 2. The lowest BCUT2D eigenvalue weighted by Crippen LogP contribution is -2.30. The van der Waals surface area contributed by atoms with Gasteiger partial charge in [-0.1, -0.05) is 12.1 Å². The first kappa shape index (κ1) is 15.5. The molecule has 0 saturated carbocycles. The van der Waals surface area contributed by atoms with E-state index in [9.17, 15) is 9.59 Å². The van der Waals surface area contributed by atoms with E-state index in [2.05, 4.69) is 16.0 Å². The van der Waals surface area contributed by atoms with Crippen molar-refractivity contribution in [2.24, 2.45) is 5.92 Å². The summed E-state index contributed by atoms with van der Waals surface area (Å²) in [6.07, 6.45) is 3.08. The number of carbonyl (C=O) groups excluding carboxylic acids is 2. The van der Waals surface area contributed by atoms with Gasteiger partial charge in [0.1, 0.15) is 0 Å². The number of amides is 2. The van der Waals surface area contributed by atoms with Crippen LogP contribution in [0, 0.1) is 5.92 Å². The van der Waals surface area contributed by atoms with E-state index < -0.39 is 0 Å². The molecule has 0 bridgehead atoms. The summed E-state index contributed by atoms with van der Waals surface area (Å²) in [6.45, 7) is 2.01. The molecule has 0 aromatic heterocycles. The zero-order chi connectivity index (χ0) is 15.1. The van der Waals surface area contributed by atoms with Gasteiger partial charge in [-0.3, -0.25) is 9.59 Å². The quantitative estimate of drug-likeness (QED) is 0.765. The monoisotopic (exact) mass is 289 g/mol. The van der Waals surface area contributed by atoms with Gasteiger partial charge in [-0.15, -0.1) is 0 Å². The second-order valence-corrected chi connectivity index (χ2v) is 5.49. The van der Waals surface area contributed by atoms with Crippen molar-refractivity contribution in [1.29, 1.82) is 0 Å². The topological polar surface area (TPSA) is 70.2 Å². The Morgan fingerprint density at radius 2 is 1.81 bits per heavy atom. The molecular formula is C16H23N3O2. The SMILES string of the molecule is CNC(=O)Cc1ccc(NC(=O)CC2CCNCC2)cc1. The lowest BCUT2D eigenvalue weighted by Gasteiger charge is -2.21. The van der Waals surface area contributed by atoms with Crippen LogP contribution >= 0.6 is 0 Å². The highest BCUT2D eigenvalue weighted by Crippen LogP contribution is 2.17. The van der Waals surface area contributed by atoms with Gasteiger partial charge in [-0.2, -0.15) is 0 Å². The molecule has 0 radical (unpaired) electrons. The Kier molecular flexibility index (Phi) is 5.75. The number of rotatable bonds is 5. The van der Waals surface area contributed by atoms with Gasteiger partial charge in [0.15, 0.2) is 0 Å². The van der Waals surface area contributed by atoms with E-state index in [0.29, 0.717) is 18.8 Å². The largest absolute Gasteiger partial charge is 0.359 e. The van der Waals surface area contributed by atoms with Crippen LogP contribution in [-0.4, -0.2) is 32.0 Å². The molecule has 114 valence electrons. The van der Waals surface area contributed by atoms with Crippen LogP contribution in [0.15, 0.2) is 24.3 Å². The first-order chi connectivity index (χ1) is 10.2. The normalized spacial score (nSPS) is 15.5. The van der Waals surface area contributed by atoms with Crippen LogP contribution in [0.4, 0.5) is 5.69 Å². The number of piperidine rings is 1. The molecular weight excluding hydrogens is 266 g/mol. The fraction of sp³-hybridized carbons (Fsp3) is 0.500.